The first kappa shape index (κ1) is 13.4. The number of amides is 1. The summed E-state index contributed by atoms with van der Waals surface area (Å²) in [6.07, 6.45) is 0.451. The second-order valence-electron chi connectivity index (χ2n) is 3.51. The standard InChI is InChI=1S/C12H17FN2O2/c1-14-7-6-12(16)15-8-9-17-11-4-2-10(13)3-5-11/h2-5,14H,6-9H2,1H3,(H,15,16). The molecule has 0 aliphatic carbocycles. The van der Waals surface area contributed by atoms with Crippen molar-refractivity contribution in [3.8, 4) is 5.75 Å². The number of nitrogens with one attached hydrogen (secondary N) is 2. The van der Waals surface area contributed by atoms with Crippen LogP contribution in [0.25, 0.3) is 0 Å². The Bertz CT molecular complexity index is 341. The van der Waals surface area contributed by atoms with E-state index >= 15 is 0 Å². The van der Waals surface area contributed by atoms with Crippen molar-refractivity contribution in [2.75, 3.05) is 26.7 Å². The van der Waals surface area contributed by atoms with Crippen LogP contribution in [0.2, 0.25) is 0 Å². The van der Waals surface area contributed by atoms with E-state index in [1.165, 1.54) is 12.1 Å². The normalized spacial score (nSPS) is 10.0. The van der Waals surface area contributed by atoms with Gasteiger partial charge >= 0.3 is 0 Å². The summed E-state index contributed by atoms with van der Waals surface area (Å²) in [4.78, 5) is 11.2. The Kier molecular flexibility index (Phi) is 6.03. The lowest BCUT2D eigenvalue weighted by atomic mass is 10.3. The monoisotopic (exact) mass is 240 g/mol. The average molecular weight is 240 g/mol. The average Bonchev–Trinajstić information content (AvgIpc) is 2.34. The molecule has 5 heteroatoms. The van der Waals surface area contributed by atoms with Crippen LogP contribution in [0.1, 0.15) is 6.42 Å². The molecule has 0 heterocycles. The number of hydrogen-bond acceptors (Lipinski definition) is 3. The van der Waals surface area contributed by atoms with Crippen LogP contribution in [0.15, 0.2) is 24.3 Å². The van der Waals surface area contributed by atoms with Gasteiger partial charge in [-0.3, -0.25) is 4.79 Å². The molecule has 0 aliphatic rings. The van der Waals surface area contributed by atoms with Crippen LogP contribution in [-0.2, 0) is 4.79 Å². The van der Waals surface area contributed by atoms with Gasteiger partial charge < -0.3 is 15.4 Å². The zero-order chi connectivity index (χ0) is 12.5. The summed E-state index contributed by atoms with van der Waals surface area (Å²) in [5.41, 5.74) is 0. The highest BCUT2D eigenvalue weighted by atomic mass is 19.1. The summed E-state index contributed by atoms with van der Waals surface area (Å²) in [7, 11) is 1.80. The molecule has 0 aliphatic heterocycles. The first-order valence-corrected chi connectivity index (χ1v) is 5.52. The number of ether oxygens (including phenoxy) is 1. The van der Waals surface area contributed by atoms with Crippen molar-refractivity contribution in [3.63, 3.8) is 0 Å². The molecule has 0 saturated carbocycles. The minimum absolute atomic E-state index is 0.0120. The molecule has 1 aromatic rings. The molecule has 0 saturated heterocycles. The van der Waals surface area contributed by atoms with E-state index in [0.29, 0.717) is 31.9 Å². The zero-order valence-corrected chi connectivity index (χ0v) is 9.83. The van der Waals surface area contributed by atoms with E-state index in [2.05, 4.69) is 10.6 Å². The van der Waals surface area contributed by atoms with Crippen LogP contribution in [0.3, 0.4) is 0 Å². The molecule has 1 aromatic carbocycles. The summed E-state index contributed by atoms with van der Waals surface area (Å²) in [5.74, 6) is 0.288. The summed E-state index contributed by atoms with van der Waals surface area (Å²) in [6.45, 7) is 1.47. The Morgan fingerprint density at radius 1 is 1.29 bits per heavy atom. The molecule has 0 bridgehead atoms. The van der Waals surface area contributed by atoms with Gasteiger partial charge in [0.1, 0.15) is 18.2 Å². The molecule has 17 heavy (non-hydrogen) atoms. The fourth-order valence-corrected chi connectivity index (χ4v) is 1.22. The molecule has 94 valence electrons. The topological polar surface area (TPSA) is 50.4 Å². The Morgan fingerprint density at radius 2 is 2.00 bits per heavy atom. The van der Waals surface area contributed by atoms with Gasteiger partial charge in [-0.05, 0) is 31.3 Å². The minimum Gasteiger partial charge on any atom is -0.492 e. The summed E-state index contributed by atoms with van der Waals surface area (Å²) in [5, 5.41) is 5.61. The van der Waals surface area contributed by atoms with Crippen LogP contribution in [-0.4, -0.2) is 32.7 Å². The van der Waals surface area contributed by atoms with Crippen LogP contribution < -0.4 is 15.4 Å². The quantitative estimate of drug-likeness (QED) is 0.697. The zero-order valence-electron chi connectivity index (χ0n) is 9.83. The minimum atomic E-state index is -0.294. The van der Waals surface area contributed by atoms with Gasteiger partial charge in [-0.1, -0.05) is 0 Å². The van der Waals surface area contributed by atoms with Crippen molar-refractivity contribution in [2.24, 2.45) is 0 Å². The van der Waals surface area contributed by atoms with Crippen LogP contribution in [0.4, 0.5) is 4.39 Å². The number of halogens is 1. The largest absolute Gasteiger partial charge is 0.492 e. The first-order chi connectivity index (χ1) is 8.22. The number of hydrogen-bond donors (Lipinski definition) is 2. The van der Waals surface area contributed by atoms with Gasteiger partial charge in [-0.2, -0.15) is 0 Å². The fraction of sp³-hybridized carbons (Fsp3) is 0.417. The molecule has 0 spiro atoms. The number of benzene rings is 1. The lowest BCUT2D eigenvalue weighted by Crippen LogP contribution is -2.30. The maximum atomic E-state index is 12.6. The molecule has 4 nitrogen and oxygen atoms in total. The van der Waals surface area contributed by atoms with E-state index in [-0.39, 0.29) is 11.7 Å². The van der Waals surface area contributed by atoms with E-state index in [1.807, 2.05) is 0 Å². The van der Waals surface area contributed by atoms with Crippen molar-refractivity contribution in [1.82, 2.24) is 10.6 Å². The third-order valence-electron chi connectivity index (χ3n) is 2.11. The molecule has 0 fully saturated rings. The predicted octanol–water partition coefficient (Wildman–Crippen LogP) is 0.930. The van der Waals surface area contributed by atoms with Crippen molar-refractivity contribution >= 4 is 5.91 Å². The molecular formula is C12H17FN2O2. The highest BCUT2D eigenvalue weighted by molar-refractivity contribution is 5.75. The Hall–Kier alpha value is -1.62. The molecule has 0 radical (unpaired) electrons. The SMILES string of the molecule is CNCCC(=O)NCCOc1ccc(F)cc1. The molecule has 1 rings (SSSR count). The third kappa shape index (κ3) is 5.87. The van der Waals surface area contributed by atoms with Gasteiger partial charge in [0.15, 0.2) is 0 Å². The van der Waals surface area contributed by atoms with E-state index in [1.54, 1.807) is 19.2 Å². The smallest absolute Gasteiger partial charge is 0.221 e. The van der Waals surface area contributed by atoms with Gasteiger partial charge in [0.25, 0.3) is 0 Å². The summed E-state index contributed by atoms with van der Waals surface area (Å²) < 4.78 is 17.9. The molecule has 1 amide bonds. The molecular weight excluding hydrogens is 223 g/mol. The van der Waals surface area contributed by atoms with E-state index in [0.717, 1.165) is 0 Å². The summed E-state index contributed by atoms with van der Waals surface area (Å²) >= 11 is 0. The summed E-state index contributed by atoms with van der Waals surface area (Å²) in [6, 6.07) is 5.78. The maximum Gasteiger partial charge on any atom is 0.221 e. The second-order valence-corrected chi connectivity index (χ2v) is 3.51. The number of rotatable bonds is 7. The third-order valence-corrected chi connectivity index (χ3v) is 2.11. The number of carbonyl (C=O) groups excluding carboxylic acids is 1. The lowest BCUT2D eigenvalue weighted by molar-refractivity contribution is -0.121. The van der Waals surface area contributed by atoms with Gasteiger partial charge in [0, 0.05) is 13.0 Å². The second kappa shape index (κ2) is 7.62. The molecule has 2 N–H and O–H groups in total. The van der Waals surface area contributed by atoms with Gasteiger partial charge in [-0.25, -0.2) is 4.39 Å². The molecule has 0 atom stereocenters. The lowest BCUT2D eigenvalue weighted by Gasteiger charge is -2.07. The van der Waals surface area contributed by atoms with E-state index in [9.17, 15) is 9.18 Å². The van der Waals surface area contributed by atoms with Gasteiger partial charge in [0.05, 0.1) is 6.54 Å². The van der Waals surface area contributed by atoms with E-state index in [4.69, 9.17) is 4.74 Å². The van der Waals surface area contributed by atoms with Crippen LogP contribution in [0.5, 0.6) is 5.75 Å². The van der Waals surface area contributed by atoms with Gasteiger partial charge in [-0.15, -0.1) is 0 Å². The highest BCUT2D eigenvalue weighted by Crippen LogP contribution is 2.10. The first-order valence-electron chi connectivity index (χ1n) is 5.52. The molecule has 0 aromatic heterocycles. The van der Waals surface area contributed by atoms with Crippen molar-refractivity contribution < 1.29 is 13.9 Å². The number of carbonyl (C=O) groups is 1. The van der Waals surface area contributed by atoms with Crippen LogP contribution in [0, 0.1) is 5.82 Å². The van der Waals surface area contributed by atoms with Crippen LogP contribution >= 0.6 is 0 Å². The highest BCUT2D eigenvalue weighted by Gasteiger charge is 1.99. The maximum absolute atomic E-state index is 12.6. The predicted molar refractivity (Wildman–Crippen MR) is 63.4 cm³/mol. The van der Waals surface area contributed by atoms with Crippen molar-refractivity contribution in [1.29, 1.82) is 0 Å². The van der Waals surface area contributed by atoms with Crippen molar-refractivity contribution in [3.05, 3.63) is 30.1 Å². The molecule has 0 unspecified atom stereocenters. The Balaban J connectivity index is 2.11. The van der Waals surface area contributed by atoms with Gasteiger partial charge in [0.2, 0.25) is 5.91 Å². The van der Waals surface area contributed by atoms with E-state index < -0.39 is 0 Å². The Morgan fingerprint density at radius 3 is 2.65 bits per heavy atom. The fourth-order valence-electron chi connectivity index (χ4n) is 1.22. The van der Waals surface area contributed by atoms with Crippen molar-refractivity contribution in [2.45, 2.75) is 6.42 Å². The Labute approximate surface area is 100 Å².